The monoisotopic (exact) mass is 247 g/mol. The third kappa shape index (κ3) is 3.09. The van der Waals surface area contributed by atoms with Crippen LogP contribution in [0.5, 0.6) is 0 Å². The third-order valence-corrected chi connectivity index (χ3v) is 2.91. The zero-order valence-electron chi connectivity index (χ0n) is 11.3. The van der Waals surface area contributed by atoms with Crippen molar-refractivity contribution in [2.75, 3.05) is 13.2 Å². The van der Waals surface area contributed by atoms with Crippen LogP contribution in [0.4, 0.5) is 0 Å². The van der Waals surface area contributed by atoms with Crippen LogP contribution in [0.25, 0.3) is 5.52 Å². The van der Waals surface area contributed by atoms with Crippen LogP contribution in [-0.2, 0) is 11.3 Å². The number of rotatable bonds is 6. The topological polar surface area (TPSA) is 38.6 Å². The zero-order valence-corrected chi connectivity index (χ0v) is 11.3. The molecular formula is C14H21N3O. The predicted molar refractivity (Wildman–Crippen MR) is 72.6 cm³/mol. The number of fused-ring (bicyclic) bond motifs is 1. The summed E-state index contributed by atoms with van der Waals surface area (Å²) in [6.07, 6.45) is 3.87. The smallest absolute Gasteiger partial charge is 0.0750 e. The molecule has 0 radical (unpaired) electrons. The highest BCUT2D eigenvalue weighted by Crippen LogP contribution is 2.11. The molecule has 0 bridgehead atoms. The van der Waals surface area contributed by atoms with E-state index in [0.29, 0.717) is 0 Å². The molecule has 2 aromatic rings. The van der Waals surface area contributed by atoms with E-state index in [2.05, 4.69) is 30.3 Å². The number of hydrogen-bond acceptors (Lipinski definition) is 3. The summed E-state index contributed by atoms with van der Waals surface area (Å²) < 4.78 is 7.55. The van der Waals surface area contributed by atoms with Gasteiger partial charge in [-0.25, -0.2) is 4.52 Å². The molecule has 0 aliphatic carbocycles. The van der Waals surface area contributed by atoms with Gasteiger partial charge < -0.3 is 10.1 Å². The maximum absolute atomic E-state index is 5.65. The van der Waals surface area contributed by atoms with E-state index in [1.807, 2.05) is 36.0 Å². The van der Waals surface area contributed by atoms with Crippen LogP contribution in [0.3, 0.4) is 0 Å². The van der Waals surface area contributed by atoms with Crippen molar-refractivity contribution >= 4 is 5.52 Å². The van der Waals surface area contributed by atoms with Crippen LogP contribution >= 0.6 is 0 Å². The van der Waals surface area contributed by atoms with Crippen molar-refractivity contribution < 1.29 is 4.74 Å². The van der Waals surface area contributed by atoms with Gasteiger partial charge in [0.2, 0.25) is 0 Å². The number of hydrogen-bond donors (Lipinski definition) is 1. The summed E-state index contributed by atoms with van der Waals surface area (Å²) in [5.41, 5.74) is 2.24. The molecule has 4 nitrogen and oxygen atoms in total. The van der Waals surface area contributed by atoms with Crippen molar-refractivity contribution in [2.45, 2.75) is 32.9 Å². The number of ether oxygens (including phenoxy) is 1. The van der Waals surface area contributed by atoms with Gasteiger partial charge in [-0.1, -0.05) is 6.07 Å². The minimum atomic E-state index is -0.127. The Morgan fingerprint density at radius 3 is 3.00 bits per heavy atom. The van der Waals surface area contributed by atoms with Crippen molar-refractivity contribution in [1.82, 2.24) is 14.9 Å². The molecule has 18 heavy (non-hydrogen) atoms. The zero-order chi connectivity index (χ0) is 13.0. The van der Waals surface area contributed by atoms with Crippen LogP contribution in [0.1, 0.15) is 26.3 Å². The van der Waals surface area contributed by atoms with E-state index < -0.39 is 0 Å². The minimum absolute atomic E-state index is 0.127. The van der Waals surface area contributed by atoms with Crippen LogP contribution in [-0.4, -0.2) is 28.4 Å². The Morgan fingerprint density at radius 2 is 2.22 bits per heavy atom. The molecule has 0 unspecified atom stereocenters. The number of nitrogens with one attached hydrogen (secondary N) is 1. The van der Waals surface area contributed by atoms with Crippen LogP contribution in [0.2, 0.25) is 0 Å². The molecule has 2 heterocycles. The Labute approximate surface area is 108 Å². The Kier molecular flexibility index (Phi) is 3.99. The first-order chi connectivity index (χ1) is 8.62. The van der Waals surface area contributed by atoms with Gasteiger partial charge in [0.15, 0.2) is 0 Å². The van der Waals surface area contributed by atoms with E-state index in [1.54, 1.807) is 0 Å². The van der Waals surface area contributed by atoms with E-state index >= 15 is 0 Å². The minimum Gasteiger partial charge on any atom is -0.375 e. The summed E-state index contributed by atoms with van der Waals surface area (Å²) in [4.78, 5) is 0. The Hall–Kier alpha value is -1.39. The van der Waals surface area contributed by atoms with Gasteiger partial charge in [0.25, 0.3) is 0 Å². The first-order valence-corrected chi connectivity index (χ1v) is 6.38. The van der Waals surface area contributed by atoms with Gasteiger partial charge in [-0.3, -0.25) is 0 Å². The average Bonchev–Trinajstić information content (AvgIpc) is 2.73. The quantitative estimate of drug-likeness (QED) is 0.850. The fraction of sp³-hybridized carbons (Fsp3) is 0.500. The number of nitrogens with zero attached hydrogens (tertiary/aromatic N) is 2. The summed E-state index contributed by atoms with van der Waals surface area (Å²) in [5, 5.41) is 7.74. The van der Waals surface area contributed by atoms with E-state index in [1.165, 1.54) is 5.56 Å². The average molecular weight is 247 g/mol. The third-order valence-electron chi connectivity index (χ3n) is 2.91. The molecule has 0 spiro atoms. The molecule has 2 rings (SSSR count). The van der Waals surface area contributed by atoms with E-state index in [4.69, 9.17) is 4.74 Å². The lowest BCUT2D eigenvalue weighted by atomic mass is 10.1. The largest absolute Gasteiger partial charge is 0.375 e. The molecule has 0 fully saturated rings. The standard InChI is InChI=1S/C14H21N3O/c1-4-18-14(2,3)11-15-9-12-10-16-17-8-6-5-7-13(12)17/h5-8,10,15H,4,9,11H2,1-3H3. The molecule has 2 aromatic heterocycles. The van der Waals surface area contributed by atoms with Crippen LogP contribution in [0.15, 0.2) is 30.6 Å². The fourth-order valence-corrected chi connectivity index (χ4v) is 2.06. The molecule has 0 saturated carbocycles. The van der Waals surface area contributed by atoms with Gasteiger partial charge in [-0.2, -0.15) is 5.10 Å². The first-order valence-electron chi connectivity index (χ1n) is 6.38. The van der Waals surface area contributed by atoms with Crippen molar-refractivity contribution in [2.24, 2.45) is 0 Å². The molecule has 1 N–H and O–H groups in total. The SMILES string of the molecule is CCOC(C)(C)CNCc1cnn2ccccc12. The van der Waals surface area contributed by atoms with Crippen molar-refractivity contribution in [3.63, 3.8) is 0 Å². The second-order valence-corrected chi connectivity index (χ2v) is 5.00. The summed E-state index contributed by atoms with van der Waals surface area (Å²) in [6, 6.07) is 6.09. The predicted octanol–water partition coefficient (Wildman–Crippen LogP) is 2.24. The maximum Gasteiger partial charge on any atom is 0.0750 e. The highest BCUT2D eigenvalue weighted by atomic mass is 16.5. The maximum atomic E-state index is 5.65. The normalized spacial score (nSPS) is 12.2. The Bertz CT molecular complexity index is 504. The van der Waals surface area contributed by atoms with Gasteiger partial charge in [0.1, 0.15) is 0 Å². The van der Waals surface area contributed by atoms with E-state index in [0.717, 1.165) is 25.2 Å². The van der Waals surface area contributed by atoms with Gasteiger partial charge in [-0.15, -0.1) is 0 Å². The molecule has 0 saturated heterocycles. The molecule has 0 amide bonds. The molecule has 0 atom stereocenters. The molecule has 0 aliphatic rings. The first kappa shape index (κ1) is 13.1. The molecule has 98 valence electrons. The van der Waals surface area contributed by atoms with Crippen molar-refractivity contribution in [3.05, 3.63) is 36.2 Å². The van der Waals surface area contributed by atoms with E-state index in [9.17, 15) is 0 Å². The highest BCUT2D eigenvalue weighted by molar-refractivity contribution is 5.53. The van der Waals surface area contributed by atoms with Crippen LogP contribution < -0.4 is 5.32 Å². The van der Waals surface area contributed by atoms with Gasteiger partial charge >= 0.3 is 0 Å². The molecule has 0 aromatic carbocycles. The summed E-state index contributed by atoms with van der Waals surface area (Å²) >= 11 is 0. The molecule has 4 heteroatoms. The van der Waals surface area contributed by atoms with Gasteiger partial charge in [0.05, 0.1) is 17.3 Å². The molecular weight excluding hydrogens is 226 g/mol. The summed E-state index contributed by atoms with van der Waals surface area (Å²) in [7, 11) is 0. The second kappa shape index (κ2) is 5.50. The van der Waals surface area contributed by atoms with Gasteiger partial charge in [0, 0.05) is 31.5 Å². The summed E-state index contributed by atoms with van der Waals surface area (Å²) in [6.45, 7) is 8.59. The number of aromatic nitrogens is 2. The lowest BCUT2D eigenvalue weighted by Gasteiger charge is -2.24. The van der Waals surface area contributed by atoms with Crippen molar-refractivity contribution in [3.8, 4) is 0 Å². The second-order valence-electron chi connectivity index (χ2n) is 5.00. The Balaban J connectivity index is 1.94. The van der Waals surface area contributed by atoms with E-state index in [-0.39, 0.29) is 5.60 Å². The van der Waals surface area contributed by atoms with Crippen LogP contribution in [0, 0.1) is 0 Å². The fourth-order valence-electron chi connectivity index (χ4n) is 2.06. The summed E-state index contributed by atoms with van der Waals surface area (Å²) in [5.74, 6) is 0. The number of pyridine rings is 1. The van der Waals surface area contributed by atoms with Gasteiger partial charge in [-0.05, 0) is 32.9 Å². The van der Waals surface area contributed by atoms with Crippen molar-refractivity contribution in [1.29, 1.82) is 0 Å². The molecule has 0 aliphatic heterocycles. The highest BCUT2D eigenvalue weighted by Gasteiger charge is 2.16. The Morgan fingerprint density at radius 1 is 1.39 bits per heavy atom. The lowest BCUT2D eigenvalue weighted by Crippen LogP contribution is -2.37. The lowest BCUT2D eigenvalue weighted by molar-refractivity contribution is -0.00896.